The standard InChI is InChI=1S/C19H22O2/c1-14(2)17-10-9-15(3)19(12-17)21-13-18(20)11-16-7-5-4-6-8-16/h4-10,12,14H,11,13H2,1-3H3. The Bertz CT molecular complexity index is 600. The number of carbonyl (C=O) groups excluding carboxylic acids is 1. The summed E-state index contributed by atoms with van der Waals surface area (Å²) in [4.78, 5) is 12.0. The number of Topliss-reactive ketones (excluding diaryl/α,β-unsaturated/α-hetero) is 1. The largest absolute Gasteiger partial charge is 0.486 e. The molecule has 0 aliphatic rings. The van der Waals surface area contributed by atoms with Crippen LogP contribution < -0.4 is 4.74 Å². The van der Waals surface area contributed by atoms with Gasteiger partial charge in [0, 0.05) is 6.42 Å². The molecule has 0 fully saturated rings. The summed E-state index contributed by atoms with van der Waals surface area (Å²) in [5.41, 5.74) is 3.32. The van der Waals surface area contributed by atoms with Gasteiger partial charge in [-0.2, -0.15) is 0 Å². The average Bonchev–Trinajstić information content (AvgIpc) is 2.47. The van der Waals surface area contributed by atoms with E-state index in [0.717, 1.165) is 16.9 Å². The van der Waals surface area contributed by atoms with E-state index < -0.39 is 0 Å². The highest BCUT2D eigenvalue weighted by atomic mass is 16.5. The van der Waals surface area contributed by atoms with Gasteiger partial charge >= 0.3 is 0 Å². The Balaban J connectivity index is 1.96. The lowest BCUT2D eigenvalue weighted by Gasteiger charge is -2.12. The first-order valence-corrected chi connectivity index (χ1v) is 7.35. The quantitative estimate of drug-likeness (QED) is 0.789. The number of hydrogen-bond acceptors (Lipinski definition) is 2. The summed E-state index contributed by atoms with van der Waals surface area (Å²) >= 11 is 0. The van der Waals surface area contributed by atoms with E-state index in [-0.39, 0.29) is 12.4 Å². The molecule has 110 valence electrons. The van der Waals surface area contributed by atoms with Crippen molar-refractivity contribution < 1.29 is 9.53 Å². The number of carbonyl (C=O) groups is 1. The normalized spacial score (nSPS) is 10.7. The molecule has 0 aliphatic heterocycles. The third-order valence-electron chi connectivity index (χ3n) is 3.51. The van der Waals surface area contributed by atoms with Gasteiger partial charge in [0.2, 0.25) is 0 Å². The number of benzene rings is 2. The fourth-order valence-corrected chi connectivity index (χ4v) is 2.16. The highest BCUT2D eigenvalue weighted by Crippen LogP contribution is 2.24. The van der Waals surface area contributed by atoms with Gasteiger partial charge in [-0.25, -0.2) is 0 Å². The van der Waals surface area contributed by atoms with Gasteiger partial charge in [-0.05, 0) is 35.6 Å². The topological polar surface area (TPSA) is 26.3 Å². The predicted molar refractivity (Wildman–Crippen MR) is 85.9 cm³/mol. The van der Waals surface area contributed by atoms with Crippen LogP contribution in [-0.2, 0) is 11.2 Å². The Morgan fingerprint density at radius 2 is 1.81 bits per heavy atom. The Hall–Kier alpha value is -2.09. The molecule has 0 spiro atoms. The number of aryl methyl sites for hydroxylation is 1. The van der Waals surface area contributed by atoms with Crippen molar-refractivity contribution in [2.24, 2.45) is 0 Å². The van der Waals surface area contributed by atoms with Gasteiger partial charge in [0.05, 0.1) is 0 Å². The molecule has 0 aliphatic carbocycles. The molecule has 0 saturated heterocycles. The van der Waals surface area contributed by atoms with Crippen LogP contribution in [0.3, 0.4) is 0 Å². The van der Waals surface area contributed by atoms with Crippen molar-refractivity contribution in [2.75, 3.05) is 6.61 Å². The number of hydrogen-bond donors (Lipinski definition) is 0. The van der Waals surface area contributed by atoms with E-state index in [2.05, 4.69) is 19.9 Å². The molecule has 2 heteroatoms. The van der Waals surface area contributed by atoms with Gasteiger partial charge in [-0.3, -0.25) is 4.79 Å². The van der Waals surface area contributed by atoms with Gasteiger partial charge < -0.3 is 4.74 Å². The zero-order chi connectivity index (χ0) is 15.2. The van der Waals surface area contributed by atoms with Crippen LogP contribution in [-0.4, -0.2) is 12.4 Å². The maximum atomic E-state index is 12.0. The molecule has 0 unspecified atom stereocenters. The van der Waals surface area contributed by atoms with Crippen molar-refractivity contribution in [3.8, 4) is 5.75 Å². The molecule has 0 aromatic heterocycles. The minimum absolute atomic E-state index is 0.0931. The number of ketones is 1. The molecular formula is C19H22O2. The van der Waals surface area contributed by atoms with Gasteiger partial charge in [-0.1, -0.05) is 56.3 Å². The second-order valence-electron chi connectivity index (χ2n) is 5.67. The van der Waals surface area contributed by atoms with Crippen LogP contribution in [0.5, 0.6) is 5.75 Å². The third-order valence-corrected chi connectivity index (χ3v) is 3.51. The highest BCUT2D eigenvalue weighted by molar-refractivity contribution is 5.82. The Kier molecular flexibility index (Phi) is 5.15. The van der Waals surface area contributed by atoms with Crippen molar-refractivity contribution in [1.82, 2.24) is 0 Å². The Morgan fingerprint density at radius 1 is 1.10 bits per heavy atom. The lowest BCUT2D eigenvalue weighted by Crippen LogP contribution is -2.14. The SMILES string of the molecule is Cc1ccc(C(C)C)cc1OCC(=O)Cc1ccccc1. The van der Waals surface area contributed by atoms with Crippen molar-refractivity contribution >= 4 is 5.78 Å². The summed E-state index contributed by atoms with van der Waals surface area (Å²) in [5.74, 6) is 1.35. The zero-order valence-corrected chi connectivity index (χ0v) is 12.9. The molecule has 0 atom stereocenters. The molecule has 0 heterocycles. The van der Waals surface area contributed by atoms with Gasteiger partial charge in [0.25, 0.3) is 0 Å². The van der Waals surface area contributed by atoms with E-state index in [1.165, 1.54) is 5.56 Å². The van der Waals surface area contributed by atoms with Crippen LogP contribution >= 0.6 is 0 Å². The molecule has 0 N–H and O–H groups in total. The molecular weight excluding hydrogens is 260 g/mol. The van der Waals surface area contributed by atoms with Crippen LogP contribution in [0.4, 0.5) is 0 Å². The summed E-state index contributed by atoms with van der Waals surface area (Å²) in [6.45, 7) is 6.42. The number of rotatable bonds is 6. The lowest BCUT2D eigenvalue weighted by molar-refractivity contribution is -0.120. The second kappa shape index (κ2) is 7.07. The smallest absolute Gasteiger partial charge is 0.174 e. The minimum atomic E-state index is 0.0931. The monoisotopic (exact) mass is 282 g/mol. The molecule has 0 radical (unpaired) electrons. The molecule has 2 aromatic rings. The Morgan fingerprint density at radius 3 is 2.48 bits per heavy atom. The summed E-state index contributed by atoms with van der Waals surface area (Å²) in [7, 11) is 0. The van der Waals surface area contributed by atoms with E-state index >= 15 is 0 Å². The number of ether oxygens (including phenoxy) is 1. The van der Waals surface area contributed by atoms with Crippen LogP contribution in [0.1, 0.15) is 36.5 Å². The van der Waals surface area contributed by atoms with Gasteiger partial charge in [-0.15, -0.1) is 0 Å². The molecule has 2 aromatic carbocycles. The third kappa shape index (κ3) is 4.45. The van der Waals surface area contributed by atoms with E-state index in [1.807, 2.05) is 49.4 Å². The molecule has 2 nitrogen and oxygen atoms in total. The van der Waals surface area contributed by atoms with Gasteiger partial charge in [0.1, 0.15) is 12.4 Å². The van der Waals surface area contributed by atoms with Crippen LogP contribution in [0.2, 0.25) is 0 Å². The maximum absolute atomic E-state index is 12.0. The van der Waals surface area contributed by atoms with Crippen molar-refractivity contribution in [3.05, 3.63) is 65.2 Å². The minimum Gasteiger partial charge on any atom is -0.486 e. The summed E-state index contributed by atoms with van der Waals surface area (Å²) < 4.78 is 5.71. The first-order valence-electron chi connectivity index (χ1n) is 7.35. The van der Waals surface area contributed by atoms with Crippen molar-refractivity contribution in [2.45, 2.75) is 33.1 Å². The molecule has 2 rings (SSSR count). The van der Waals surface area contributed by atoms with E-state index in [1.54, 1.807) is 0 Å². The first kappa shape index (κ1) is 15.3. The second-order valence-corrected chi connectivity index (χ2v) is 5.67. The van der Waals surface area contributed by atoms with E-state index in [0.29, 0.717) is 12.3 Å². The summed E-state index contributed by atoms with van der Waals surface area (Å²) in [5, 5.41) is 0. The van der Waals surface area contributed by atoms with E-state index in [9.17, 15) is 4.79 Å². The van der Waals surface area contributed by atoms with E-state index in [4.69, 9.17) is 4.74 Å². The maximum Gasteiger partial charge on any atom is 0.174 e. The molecule has 0 saturated carbocycles. The summed E-state index contributed by atoms with van der Waals surface area (Å²) in [6.07, 6.45) is 0.420. The van der Waals surface area contributed by atoms with Crippen molar-refractivity contribution in [1.29, 1.82) is 0 Å². The fourth-order valence-electron chi connectivity index (χ4n) is 2.16. The van der Waals surface area contributed by atoms with Crippen LogP contribution in [0.15, 0.2) is 48.5 Å². The van der Waals surface area contributed by atoms with Crippen LogP contribution in [0, 0.1) is 6.92 Å². The molecule has 0 amide bonds. The van der Waals surface area contributed by atoms with Crippen molar-refractivity contribution in [3.63, 3.8) is 0 Å². The highest BCUT2D eigenvalue weighted by Gasteiger charge is 2.08. The zero-order valence-electron chi connectivity index (χ0n) is 12.9. The van der Waals surface area contributed by atoms with Gasteiger partial charge in [0.15, 0.2) is 5.78 Å². The lowest BCUT2D eigenvalue weighted by atomic mass is 10.0. The average molecular weight is 282 g/mol. The Labute approximate surface area is 126 Å². The predicted octanol–water partition coefficient (Wildman–Crippen LogP) is 4.31. The fraction of sp³-hybridized carbons (Fsp3) is 0.316. The van der Waals surface area contributed by atoms with Crippen LogP contribution in [0.25, 0.3) is 0 Å². The first-order chi connectivity index (χ1) is 10.1. The molecule has 0 bridgehead atoms. The molecule has 21 heavy (non-hydrogen) atoms. The summed E-state index contributed by atoms with van der Waals surface area (Å²) in [6, 6.07) is 16.0.